The minimum atomic E-state index is -0.185. The van der Waals surface area contributed by atoms with Crippen LogP contribution in [0.25, 0.3) is 0 Å². The quantitative estimate of drug-likeness (QED) is 0.579. The maximum absolute atomic E-state index is 12.3. The van der Waals surface area contributed by atoms with Crippen molar-refractivity contribution in [3.8, 4) is 5.75 Å². The van der Waals surface area contributed by atoms with Gasteiger partial charge in [-0.05, 0) is 68.1 Å². The fraction of sp³-hybridized carbons (Fsp3) is 0.391. The first-order chi connectivity index (χ1) is 14.5. The van der Waals surface area contributed by atoms with Gasteiger partial charge in [0, 0.05) is 30.2 Å². The number of amides is 2. The van der Waals surface area contributed by atoms with Crippen LogP contribution in [0, 0.1) is 6.92 Å². The fourth-order valence-electron chi connectivity index (χ4n) is 3.18. The summed E-state index contributed by atoms with van der Waals surface area (Å²) in [5.74, 6) is 0.340. The molecule has 7 heteroatoms. The molecule has 2 aromatic carbocycles. The number of anilines is 1. The zero-order chi connectivity index (χ0) is 21.3. The number of rotatable bonds is 9. The third kappa shape index (κ3) is 6.75. The molecule has 30 heavy (non-hydrogen) atoms. The standard InChI is InChI=1S/C23H27ClN2O4/c1-16-6-11-20(21(14-16)30-15-19-4-3-13-29-19)26-22(27)5-2-12-25-23(28)17-7-9-18(24)10-8-17/h6-11,14,19H,2-5,12-13,15H2,1H3,(H,25,28)(H,26,27). The second-order valence-electron chi connectivity index (χ2n) is 7.36. The maximum Gasteiger partial charge on any atom is 0.251 e. The normalized spacial score (nSPS) is 15.6. The number of halogens is 1. The summed E-state index contributed by atoms with van der Waals surface area (Å²) >= 11 is 5.83. The molecular formula is C23H27ClN2O4. The minimum absolute atomic E-state index is 0.110. The van der Waals surface area contributed by atoms with Gasteiger partial charge in [-0.3, -0.25) is 9.59 Å². The highest BCUT2D eigenvalue weighted by Gasteiger charge is 2.17. The first kappa shape index (κ1) is 22.1. The van der Waals surface area contributed by atoms with Gasteiger partial charge in [-0.1, -0.05) is 17.7 Å². The summed E-state index contributed by atoms with van der Waals surface area (Å²) in [5.41, 5.74) is 2.24. The summed E-state index contributed by atoms with van der Waals surface area (Å²) in [4.78, 5) is 24.4. The lowest BCUT2D eigenvalue weighted by atomic mass is 10.2. The van der Waals surface area contributed by atoms with Gasteiger partial charge in [0.15, 0.2) is 0 Å². The Morgan fingerprint density at radius 2 is 2.00 bits per heavy atom. The summed E-state index contributed by atoms with van der Waals surface area (Å²) < 4.78 is 11.5. The van der Waals surface area contributed by atoms with Crippen molar-refractivity contribution in [3.63, 3.8) is 0 Å². The monoisotopic (exact) mass is 430 g/mol. The van der Waals surface area contributed by atoms with E-state index < -0.39 is 0 Å². The van der Waals surface area contributed by atoms with Crippen molar-refractivity contribution < 1.29 is 19.1 Å². The van der Waals surface area contributed by atoms with Gasteiger partial charge >= 0.3 is 0 Å². The Morgan fingerprint density at radius 1 is 1.20 bits per heavy atom. The van der Waals surface area contributed by atoms with E-state index in [1.165, 1.54) is 0 Å². The van der Waals surface area contributed by atoms with E-state index in [4.69, 9.17) is 21.1 Å². The molecule has 2 N–H and O–H groups in total. The van der Waals surface area contributed by atoms with Gasteiger partial charge in [-0.25, -0.2) is 0 Å². The Labute approximate surface area is 181 Å². The number of hydrogen-bond acceptors (Lipinski definition) is 4. The van der Waals surface area contributed by atoms with E-state index in [9.17, 15) is 9.59 Å². The number of hydrogen-bond donors (Lipinski definition) is 2. The maximum atomic E-state index is 12.3. The molecule has 0 aromatic heterocycles. The molecule has 0 saturated carbocycles. The van der Waals surface area contributed by atoms with Crippen molar-refractivity contribution in [3.05, 3.63) is 58.6 Å². The fourth-order valence-corrected chi connectivity index (χ4v) is 3.30. The Bertz CT molecular complexity index is 864. The van der Waals surface area contributed by atoms with E-state index in [2.05, 4.69) is 10.6 Å². The van der Waals surface area contributed by atoms with Crippen LogP contribution in [-0.4, -0.2) is 37.7 Å². The lowest BCUT2D eigenvalue weighted by molar-refractivity contribution is -0.116. The van der Waals surface area contributed by atoms with Gasteiger partial charge in [-0.2, -0.15) is 0 Å². The summed E-state index contributed by atoms with van der Waals surface area (Å²) in [6, 6.07) is 12.4. The molecule has 1 heterocycles. The lowest BCUT2D eigenvalue weighted by Crippen LogP contribution is -2.25. The SMILES string of the molecule is Cc1ccc(NC(=O)CCCNC(=O)c2ccc(Cl)cc2)c(OCC2CCCO2)c1. The molecule has 0 bridgehead atoms. The Hall–Kier alpha value is -2.57. The minimum Gasteiger partial charge on any atom is -0.489 e. The van der Waals surface area contributed by atoms with Crippen molar-refractivity contribution in [2.75, 3.05) is 25.1 Å². The molecule has 1 unspecified atom stereocenters. The Kier molecular flexibility index (Phi) is 8.11. The van der Waals surface area contributed by atoms with Crippen LogP contribution in [0.2, 0.25) is 5.02 Å². The van der Waals surface area contributed by atoms with Crippen molar-refractivity contribution >= 4 is 29.1 Å². The largest absolute Gasteiger partial charge is 0.489 e. The summed E-state index contributed by atoms with van der Waals surface area (Å²) in [6.07, 6.45) is 2.98. The molecule has 1 aliphatic heterocycles. The number of aryl methyl sites for hydroxylation is 1. The Morgan fingerprint density at radius 3 is 2.73 bits per heavy atom. The summed E-state index contributed by atoms with van der Waals surface area (Å²) in [6.45, 7) is 3.64. The first-order valence-corrected chi connectivity index (χ1v) is 10.6. The highest BCUT2D eigenvalue weighted by molar-refractivity contribution is 6.30. The van der Waals surface area contributed by atoms with E-state index in [1.54, 1.807) is 24.3 Å². The van der Waals surface area contributed by atoms with Crippen LogP contribution in [0.4, 0.5) is 5.69 Å². The molecule has 2 aromatic rings. The number of benzene rings is 2. The van der Waals surface area contributed by atoms with Crippen LogP contribution < -0.4 is 15.4 Å². The van der Waals surface area contributed by atoms with Crippen molar-refractivity contribution in [1.82, 2.24) is 5.32 Å². The predicted molar refractivity (Wildman–Crippen MR) is 117 cm³/mol. The summed E-state index contributed by atoms with van der Waals surface area (Å²) in [7, 11) is 0. The van der Waals surface area contributed by atoms with Gasteiger partial charge in [-0.15, -0.1) is 0 Å². The van der Waals surface area contributed by atoms with Crippen LogP contribution in [0.1, 0.15) is 41.6 Å². The van der Waals surface area contributed by atoms with E-state index in [-0.39, 0.29) is 17.9 Å². The second kappa shape index (κ2) is 11.0. The zero-order valence-corrected chi connectivity index (χ0v) is 17.8. The molecule has 0 aliphatic carbocycles. The molecule has 160 valence electrons. The topological polar surface area (TPSA) is 76.7 Å². The lowest BCUT2D eigenvalue weighted by Gasteiger charge is -2.16. The Balaban J connectivity index is 1.43. The third-order valence-corrected chi connectivity index (χ3v) is 5.08. The number of carbonyl (C=O) groups excluding carboxylic acids is 2. The van der Waals surface area contributed by atoms with Gasteiger partial charge in [0.1, 0.15) is 12.4 Å². The number of carbonyl (C=O) groups is 2. The van der Waals surface area contributed by atoms with Crippen molar-refractivity contribution in [1.29, 1.82) is 0 Å². The molecule has 1 fully saturated rings. The molecule has 3 rings (SSSR count). The number of ether oxygens (including phenoxy) is 2. The smallest absolute Gasteiger partial charge is 0.251 e. The van der Waals surface area contributed by atoms with Gasteiger partial charge in [0.2, 0.25) is 5.91 Å². The van der Waals surface area contributed by atoms with Gasteiger partial charge in [0.25, 0.3) is 5.91 Å². The van der Waals surface area contributed by atoms with Crippen LogP contribution in [0.15, 0.2) is 42.5 Å². The van der Waals surface area contributed by atoms with Crippen LogP contribution in [-0.2, 0) is 9.53 Å². The molecule has 0 radical (unpaired) electrons. The van der Waals surface area contributed by atoms with Gasteiger partial charge in [0.05, 0.1) is 11.8 Å². The van der Waals surface area contributed by atoms with Crippen LogP contribution >= 0.6 is 11.6 Å². The zero-order valence-electron chi connectivity index (χ0n) is 17.1. The second-order valence-corrected chi connectivity index (χ2v) is 7.80. The van der Waals surface area contributed by atoms with Crippen molar-refractivity contribution in [2.45, 2.75) is 38.7 Å². The van der Waals surface area contributed by atoms with Crippen LogP contribution in [0.3, 0.4) is 0 Å². The molecule has 1 aliphatic rings. The molecule has 2 amide bonds. The molecule has 6 nitrogen and oxygen atoms in total. The van der Waals surface area contributed by atoms with E-state index in [0.717, 1.165) is 25.0 Å². The highest BCUT2D eigenvalue weighted by atomic mass is 35.5. The predicted octanol–water partition coefficient (Wildman–Crippen LogP) is 4.35. The van der Waals surface area contributed by atoms with E-state index in [1.807, 2.05) is 25.1 Å². The summed E-state index contributed by atoms with van der Waals surface area (Å²) in [5, 5.41) is 6.30. The van der Waals surface area contributed by atoms with Gasteiger partial charge < -0.3 is 20.1 Å². The average Bonchev–Trinajstić information content (AvgIpc) is 3.25. The molecule has 1 atom stereocenters. The van der Waals surface area contributed by atoms with Crippen LogP contribution in [0.5, 0.6) is 5.75 Å². The average molecular weight is 431 g/mol. The van der Waals surface area contributed by atoms with Crippen molar-refractivity contribution in [2.24, 2.45) is 0 Å². The van der Waals surface area contributed by atoms with E-state index in [0.29, 0.717) is 48.0 Å². The third-order valence-electron chi connectivity index (χ3n) is 4.83. The first-order valence-electron chi connectivity index (χ1n) is 10.2. The number of nitrogens with one attached hydrogen (secondary N) is 2. The molecule has 0 spiro atoms. The molecular weight excluding hydrogens is 404 g/mol. The molecule has 1 saturated heterocycles. The van der Waals surface area contributed by atoms with E-state index >= 15 is 0 Å². The highest BCUT2D eigenvalue weighted by Crippen LogP contribution is 2.27.